The molecule has 1 aliphatic rings. The molecule has 0 aliphatic carbocycles. The van der Waals surface area contributed by atoms with Crippen LogP contribution in [-0.4, -0.2) is 48.5 Å². The second-order valence-electron chi connectivity index (χ2n) is 7.80. The predicted octanol–water partition coefficient (Wildman–Crippen LogP) is 4.17. The zero-order valence-corrected chi connectivity index (χ0v) is 17.8. The van der Waals surface area contributed by atoms with Gasteiger partial charge in [-0.1, -0.05) is 23.7 Å². The molecule has 3 aromatic heterocycles. The highest BCUT2D eigenvalue weighted by Crippen LogP contribution is 2.29. The van der Waals surface area contributed by atoms with Crippen molar-refractivity contribution in [2.75, 3.05) is 13.1 Å². The number of amides is 1. The minimum atomic E-state index is -0.0545. The minimum Gasteiger partial charge on any atom is -0.338 e. The van der Waals surface area contributed by atoms with Crippen molar-refractivity contribution in [1.29, 1.82) is 0 Å². The molecule has 1 aliphatic heterocycles. The molecule has 0 saturated carbocycles. The molecule has 31 heavy (non-hydrogen) atoms. The van der Waals surface area contributed by atoms with Gasteiger partial charge in [0.05, 0.1) is 11.9 Å². The number of carbonyl (C=O) groups is 1. The Morgan fingerprint density at radius 1 is 1.19 bits per heavy atom. The number of fused-ring (bicyclic) bond motifs is 1. The minimum absolute atomic E-state index is 0.0545. The van der Waals surface area contributed by atoms with Crippen LogP contribution in [0.5, 0.6) is 0 Å². The van der Waals surface area contributed by atoms with Gasteiger partial charge in [-0.15, -0.1) is 0 Å². The highest BCUT2D eigenvalue weighted by molar-refractivity contribution is 6.30. The van der Waals surface area contributed by atoms with E-state index < -0.39 is 0 Å². The van der Waals surface area contributed by atoms with Crippen molar-refractivity contribution >= 4 is 23.2 Å². The van der Waals surface area contributed by atoms with E-state index in [9.17, 15) is 4.79 Å². The van der Waals surface area contributed by atoms with Gasteiger partial charge in [0, 0.05) is 47.7 Å². The first-order valence-corrected chi connectivity index (χ1v) is 10.7. The molecule has 0 radical (unpaired) electrons. The lowest BCUT2D eigenvalue weighted by Gasteiger charge is -2.32. The van der Waals surface area contributed by atoms with Crippen LogP contribution >= 0.6 is 11.6 Å². The highest BCUT2D eigenvalue weighted by atomic mass is 35.5. The summed E-state index contributed by atoms with van der Waals surface area (Å²) >= 11 is 6.17. The van der Waals surface area contributed by atoms with Crippen LogP contribution in [0.15, 0.2) is 55.0 Å². The quantitative estimate of drug-likeness (QED) is 0.485. The largest absolute Gasteiger partial charge is 0.338 e. The van der Waals surface area contributed by atoms with E-state index in [2.05, 4.69) is 10.1 Å². The van der Waals surface area contributed by atoms with Crippen molar-refractivity contribution in [3.63, 3.8) is 0 Å². The molecule has 8 heteroatoms. The van der Waals surface area contributed by atoms with Gasteiger partial charge in [-0.05, 0) is 44.0 Å². The number of nitrogens with zero attached hydrogens (tertiary/aromatic N) is 6. The number of halogens is 1. The molecule has 0 bridgehead atoms. The lowest BCUT2D eigenvalue weighted by atomic mass is 9.96. The van der Waals surface area contributed by atoms with Gasteiger partial charge >= 0.3 is 0 Å². The molecule has 0 spiro atoms. The zero-order chi connectivity index (χ0) is 21.4. The summed E-state index contributed by atoms with van der Waals surface area (Å²) in [7, 11) is 0. The van der Waals surface area contributed by atoms with Crippen LogP contribution in [0, 0.1) is 6.92 Å². The van der Waals surface area contributed by atoms with Gasteiger partial charge in [-0.25, -0.2) is 19.5 Å². The smallest absolute Gasteiger partial charge is 0.259 e. The molecular formula is C23H21ClN6O. The summed E-state index contributed by atoms with van der Waals surface area (Å²) in [6, 6.07) is 11.4. The first-order valence-electron chi connectivity index (χ1n) is 10.3. The van der Waals surface area contributed by atoms with Gasteiger partial charge in [0.25, 0.3) is 5.91 Å². The molecule has 5 rings (SSSR count). The second kappa shape index (κ2) is 8.07. The Kier molecular flexibility index (Phi) is 5.11. The maximum Gasteiger partial charge on any atom is 0.259 e. The van der Waals surface area contributed by atoms with Gasteiger partial charge < -0.3 is 4.90 Å². The number of rotatable bonds is 3. The monoisotopic (exact) mass is 432 g/mol. The molecule has 4 heterocycles. The molecule has 7 nitrogen and oxygen atoms in total. The van der Waals surface area contributed by atoms with Crippen LogP contribution in [0.2, 0.25) is 5.02 Å². The van der Waals surface area contributed by atoms with E-state index in [4.69, 9.17) is 21.6 Å². The zero-order valence-electron chi connectivity index (χ0n) is 17.1. The van der Waals surface area contributed by atoms with Crippen molar-refractivity contribution in [2.45, 2.75) is 25.7 Å². The van der Waals surface area contributed by atoms with Crippen molar-refractivity contribution in [3.8, 4) is 11.3 Å². The van der Waals surface area contributed by atoms with Gasteiger partial charge in [0.15, 0.2) is 5.65 Å². The van der Waals surface area contributed by atoms with E-state index in [1.807, 2.05) is 42.2 Å². The summed E-state index contributed by atoms with van der Waals surface area (Å²) in [6.07, 6.45) is 6.89. The number of aromatic nitrogens is 5. The van der Waals surface area contributed by atoms with E-state index in [-0.39, 0.29) is 11.8 Å². The van der Waals surface area contributed by atoms with E-state index in [0.29, 0.717) is 29.3 Å². The molecule has 1 fully saturated rings. The molecule has 1 aromatic carbocycles. The van der Waals surface area contributed by atoms with E-state index in [1.165, 1.54) is 0 Å². The lowest BCUT2D eigenvalue weighted by molar-refractivity contribution is 0.0706. The lowest BCUT2D eigenvalue weighted by Crippen LogP contribution is -2.39. The molecule has 1 saturated heterocycles. The number of hydrogen-bond donors (Lipinski definition) is 0. The summed E-state index contributed by atoms with van der Waals surface area (Å²) in [5.74, 6) is 0.789. The molecule has 1 amide bonds. The van der Waals surface area contributed by atoms with Crippen molar-refractivity contribution in [2.24, 2.45) is 0 Å². The fourth-order valence-corrected chi connectivity index (χ4v) is 4.28. The Morgan fingerprint density at radius 2 is 2.10 bits per heavy atom. The van der Waals surface area contributed by atoms with Gasteiger partial charge in [0.2, 0.25) is 0 Å². The van der Waals surface area contributed by atoms with Crippen molar-refractivity contribution < 1.29 is 4.79 Å². The van der Waals surface area contributed by atoms with Crippen LogP contribution in [0.3, 0.4) is 0 Å². The first-order chi connectivity index (χ1) is 15.1. The highest BCUT2D eigenvalue weighted by Gasteiger charge is 2.29. The van der Waals surface area contributed by atoms with Crippen LogP contribution in [0.25, 0.3) is 16.9 Å². The number of benzene rings is 1. The summed E-state index contributed by atoms with van der Waals surface area (Å²) in [5, 5.41) is 4.92. The fourth-order valence-electron chi connectivity index (χ4n) is 4.09. The topological polar surface area (TPSA) is 76.3 Å². The average Bonchev–Trinajstić information content (AvgIpc) is 3.22. The Balaban J connectivity index is 1.42. The van der Waals surface area contributed by atoms with Crippen molar-refractivity contribution in [1.82, 2.24) is 29.5 Å². The summed E-state index contributed by atoms with van der Waals surface area (Å²) in [4.78, 5) is 28.9. The third kappa shape index (κ3) is 3.88. The summed E-state index contributed by atoms with van der Waals surface area (Å²) < 4.78 is 1.62. The number of carbonyl (C=O) groups excluding carboxylic acids is 1. The third-order valence-electron chi connectivity index (χ3n) is 5.58. The van der Waals surface area contributed by atoms with E-state index in [0.717, 1.165) is 35.6 Å². The van der Waals surface area contributed by atoms with Gasteiger partial charge in [-0.3, -0.25) is 4.79 Å². The van der Waals surface area contributed by atoms with Crippen LogP contribution in [0.1, 0.15) is 40.6 Å². The van der Waals surface area contributed by atoms with Crippen molar-refractivity contribution in [3.05, 3.63) is 77.1 Å². The summed E-state index contributed by atoms with van der Waals surface area (Å²) in [6.45, 7) is 3.24. The number of aryl methyl sites for hydroxylation is 1. The van der Waals surface area contributed by atoms with Gasteiger partial charge in [-0.2, -0.15) is 5.10 Å². The average molecular weight is 433 g/mol. The predicted molar refractivity (Wildman–Crippen MR) is 118 cm³/mol. The normalized spacial score (nSPS) is 16.6. The Bertz CT molecular complexity index is 1270. The van der Waals surface area contributed by atoms with Crippen LogP contribution in [-0.2, 0) is 0 Å². The maximum absolute atomic E-state index is 13.2. The molecular weight excluding hydrogens is 412 g/mol. The SMILES string of the molecule is Cc1cc(-c2cccc(Cl)c2)nc([C@H]2CCCN(C(=O)c3cnn4cccnc34)C2)n1. The first kappa shape index (κ1) is 19.6. The number of likely N-dealkylation sites (tertiary alicyclic amines) is 1. The third-order valence-corrected chi connectivity index (χ3v) is 5.81. The van der Waals surface area contributed by atoms with Gasteiger partial charge in [0.1, 0.15) is 11.4 Å². The van der Waals surface area contributed by atoms with Crippen LogP contribution < -0.4 is 0 Å². The Labute approximate surface area is 184 Å². The van der Waals surface area contributed by atoms with E-state index >= 15 is 0 Å². The maximum atomic E-state index is 13.2. The molecule has 0 unspecified atom stereocenters. The second-order valence-corrected chi connectivity index (χ2v) is 8.24. The Morgan fingerprint density at radius 3 is 2.97 bits per heavy atom. The molecule has 0 N–H and O–H groups in total. The van der Waals surface area contributed by atoms with Crippen LogP contribution in [0.4, 0.5) is 0 Å². The molecule has 4 aromatic rings. The van der Waals surface area contributed by atoms with E-state index in [1.54, 1.807) is 29.2 Å². The number of hydrogen-bond acceptors (Lipinski definition) is 5. The summed E-state index contributed by atoms with van der Waals surface area (Å²) in [5.41, 5.74) is 3.80. The molecule has 1 atom stereocenters. The molecule has 156 valence electrons. The standard InChI is InChI=1S/C23H21ClN6O/c1-15-11-20(16-5-2-7-18(24)12-16)28-21(27-15)17-6-3-9-29(14-17)23(31)19-13-26-30-10-4-8-25-22(19)30/h2,4-5,7-8,10-13,17H,3,6,9,14H2,1H3/t17-/m0/s1. The number of piperidine rings is 1. The Hall–Kier alpha value is -3.32. The fraction of sp³-hybridized carbons (Fsp3) is 0.261.